The molecule has 0 aromatic carbocycles. The molecule has 2 atom stereocenters. The summed E-state index contributed by atoms with van der Waals surface area (Å²) in [6.07, 6.45) is 5.68. The molecule has 11 heavy (non-hydrogen) atoms. The summed E-state index contributed by atoms with van der Waals surface area (Å²) in [6.45, 7) is 7.50. The zero-order chi connectivity index (χ0) is 8.32. The molecule has 0 bridgehead atoms. The zero-order valence-corrected chi connectivity index (χ0v) is 8.27. The van der Waals surface area contributed by atoms with E-state index in [1.165, 1.54) is 43.3 Å². The maximum absolute atomic E-state index is 2.42. The molecule has 1 rings (SSSR count). The summed E-state index contributed by atoms with van der Waals surface area (Å²) in [4.78, 5) is 0. The predicted molar refractivity (Wildman–Crippen MR) is 49.5 cm³/mol. The number of quaternary nitrogens is 1. The van der Waals surface area contributed by atoms with Crippen LogP contribution in [-0.2, 0) is 0 Å². The van der Waals surface area contributed by atoms with Gasteiger partial charge < -0.3 is 4.48 Å². The van der Waals surface area contributed by atoms with Crippen molar-refractivity contribution in [1.82, 2.24) is 0 Å². The molecule has 0 aliphatic carbocycles. The Morgan fingerprint density at radius 1 is 1.36 bits per heavy atom. The smallest absolute Gasteiger partial charge is 0.0859 e. The summed E-state index contributed by atoms with van der Waals surface area (Å²) in [7, 11) is 2.42. The van der Waals surface area contributed by atoms with Gasteiger partial charge in [-0.3, -0.25) is 0 Å². The minimum absolute atomic E-state index is 0.906. The van der Waals surface area contributed by atoms with Gasteiger partial charge in [-0.15, -0.1) is 0 Å². The molecule has 2 unspecified atom stereocenters. The standard InChI is InChI=1S/C10H22N/c1-4-8-11(3)9-6-5-7-10(11)2/h10H,4-9H2,1-3H3/q+1. The zero-order valence-electron chi connectivity index (χ0n) is 8.27. The van der Waals surface area contributed by atoms with Crippen molar-refractivity contribution in [1.29, 1.82) is 0 Å². The molecular formula is C10H22N+. The molecule has 1 saturated heterocycles. The Balaban J connectivity index is 2.49. The lowest BCUT2D eigenvalue weighted by atomic mass is 10.0. The van der Waals surface area contributed by atoms with Gasteiger partial charge >= 0.3 is 0 Å². The molecule has 0 spiro atoms. The number of nitrogens with zero attached hydrogens (tertiary/aromatic N) is 1. The van der Waals surface area contributed by atoms with Crippen LogP contribution in [0.1, 0.15) is 39.5 Å². The van der Waals surface area contributed by atoms with Crippen LogP contribution >= 0.6 is 0 Å². The van der Waals surface area contributed by atoms with Crippen molar-refractivity contribution in [3.05, 3.63) is 0 Å². The lowest BCUT2D eigenvalue weighted by Gasteiger charge is -2.43. The first-order valence-corrected chi connectivity index (χ1v) is 5.03. The van der Waals surface area contributed by atoms with Crippen molar-refractivity contribution in [2.75, 3.05) is 20.1 Å². The first-order valence-electron chi connectivity index (χ1n) is 5.03. The van der Waals surface area contributed by atoms with Crippen molar-refractivity contribution in [2.45, 2.75) is 45.6 Å². The third-order valence-electron chi connectivity index (χ3n) is 3.34. The molecule has 1 heteroatoms. The van der Waals surface area contributed by atoms with Gasteiger partial charge in [0, 0.05) is 0 Å². The molecule has 0 radical (unpaired) electrons. The number of likely N-dealkylation sites (tertiary alicyclic amines) is 1. The molecule has 0 amide bonds. The van der Waals surface area contributed by atoms with Gasteiger partial charge in [-0.25, -0.2) is 0 Å². The first-order chi connectivity index (χ1) is 5.19. The van der Waals surface area contributed by atoms with E-state index in [1.54, 1.807) is 0 Å². The summed E-state index contributed by atoms with van der Waals surface area (Å²) in [5, 5.41) is 0. The van der Waals surface area contributed by atoms with E-state index in [1.807, 2.05) is 0 Å². The van der Waals surface area contributed by atoms with Crippen molar-refractivity contribution < 1.29 is 4.48 Å². The van der Waals surface area contributed by atoms with Gasteiger partial charge in [0.1, 0.15) is 0 Å². The van der Waals surface area contributed by atoms with Crippen LogP contribution in [-0.4, -0.2) is 30.7 Å². The second kappa shape index (κ2) is 3.57. The minimum atomic E-state index is 0.906. The molecule has 66 valence electrons. The highest BCUT2D eigenvalue weighted by Crippen LogP contribution is 2.23. The van der Waals surface area contributed by atoms with E-state index in [4.69, 9.17) is 0 Å². The Hall–Kier alpha value is -0.0400. The molecule has 0 N–H and O–H groups in total. The number of rotatable bonds is 2. The monoisotopic (exact) mass is 156 g/mol. The van der Waals surface area contributed by atoms with Crippen LogP contribution in [0.2, 0.25) is 0 Å². The van der Waals surface area contributed by atoms with Crippen LogP contribution in [0.15, 0.2) is 0 Å². The van der Waals surface area contributed by atoms with Gasteiger partial charge in [-0.2, -0.15) is 0 Å². The van der Waals surface area contributed by atoms with Gasteiger partial charge in [0.25, 0.3) is 0 Å². The maximum atomic E-state index is 2.42. The highest BCUT2D eigenvalue weighted by atomic mass is 15.4. The van der Waals surface area contributed by atoms with Crippen molar-refractivity contribution >= 4 is 0 Å². The lowest BCUT2D eigenvalue weighted by Crippen LogP contribution is -2.54. The van der Waals surface area contributed by atoms with E-state index < -0.39 is 0 Å². The average molecular weight is 156 g/mol. The summed E-state index contributed by atoms with van der Waals surface area (Å²) in [5.41, 5.74) is 0. The topological polar surface area (TPSA) is 0 Å². The fourth-order valence-corrected chi connectivity index (χ4v) is 2.29. The third-order valence-corrected chi connectivity index (χ3v) is 3.34. The lowest BCUT2D eigenvalue weighted by molar-refractivity contribution is -0.936. The van der Waals surface area contributed by atoms with E-state index in [2.05, 4.69) is 20.9 Å². The molecule has 1 nitrogen and oxygen atoms in total. The van der Waals surface area contributed by atoms with Crippen LogP contribution < -0.4 is 0 Å². The van der Waals surface area contributed by atoms with Gasteiger partial charge in [0.2, 0.25) is 0 Å². The predicted octanol–water partition coefficient (Wildman–Crippen LogP) is 2.42. The Morgan fingerprint density at radius 3 is 2.64 bits per heavy atom. The quantitative estimate of drug-likeness (QED) is 0.539. The number of hydrogen-bond acceptors (Lipinski definition) is 0. The van der Waals surface area contributed by atoms with Crippen LogP contribution in [0.5, 0.6) is 0 Å². The second-order valence-electron chi connectivity index (χ2n) is 4.27. The molecule has 0 aromatic rings. The van der Waals surface area contributed by atoms with E-state index in [9.17, 15) is 0 Å². The van der Waals surface area contributed by atoms with Gasteiger partial charge in [0.15, 0.2) is 0 Å². The van der Waals surface area contributed by atoms with Crippen molar-refractivity contribution in [3.63, 3.8) is 0 Å². The Bertz CT molecular complexity index is 118. The molecule has 1 aliphatic heterocycles. The van der Waals surface area contributed by atoms with E-state index in [0.717, 1.165) is 6.04 Å². The van der Waals surface area contributed by atoms with Crippen LogP contribution in [0.25, 0.3) is 0 Å². The Kier molecular flexibility index (Phi) is 2.94. The largest absolute Gasteiger partial charge is 0.324 e. The first kappa shape index (κ1) is 9.05. The Labute approximate surface area is 71.0 Å². The van der Waals surface area contributed by atoms with E-state index >= 15 is 0 Å². The summed E-state index contributed by atoms with van der Waals surface area (Å²) < 4.78 is 1.33. The van der Waals surface area contributed by atoms with Crippen LogP contribution in [0.4, 0.5) is 0 Å². The number of piperidine rings is 1. The SMILES string of the molecule is CCC[N+]1(C)CCCCC1C. The fraction of sp³-hybridized carbons (Fsp3) is 1.00. The molecule has 0 saturated carbocycles. The number of hydrogen-bond donors (Lipinski definition) is 0. The molecule has 1 aliphatic rings. The van der Waals surface area contributed by atoms with Crippen molar-refractivity contribution in [2.24, 2.45) is 0 Å². The van der Waals surface area contributed by atoms with Gasteiger partial charge in [0.05, 0.1) is 26.2 Å². The average Bonchev–Trinajstić information content (AvgIpc) is 1.96. The third kappa shape index (κ3) is 1.96. The van der Waals surface area contributed by atoms with Crippen LogP contribution in [0.3, 0.4) is 0 Å². The highest BCUT2D eigenvalue weighted by molar-refractivity contribution is 4.60. The second-order valence-corrected chi connectivity index (χ2v) is 4.27. The normalized spacial score (nSPS) is 39.0. The maximum Gasteiger partial charge on any atom is 0.0859 e. The molecular weight excluding hydrogens is 134 g/mol. The van der Waals surface area contributed by atoms with Gasteiger partial charge in [-0.05, 0) is 32.6 Å². The summed E-state index contributed by atoms with van der Waals surface area (Å²) >= 11 is 0. The van der Waals surface area contributed by atoms with Crippen LogP contribution in [0, 0.1) is 0 Å². The highest BCUT2D eigenvalue weighted by Gasteiger charge is 2.30. The fourth-order valence-electron chi connectivity index (χ4n) is 2.29. The Morgan fingerprint density at radius 2 is 2.09 bits per heavy atom. The molecule has 1 fully saturated rings. The molecule has 1 heterocycles. The minimum Gasteiger partial charge on any atom is -0.324 e. The summed E-state index contributed by atoms with van der Waals surface area (Å²) in [6, 6.07) is 0.906. The van der Waals surface area contributed by atoms with Gasteiger partial charge in [-0.1, -0.05) is 6.92 Å². The van der Waals surface area contributed by atoms with E-state index in [-0.39, 0.29) is 0 Å². The van der Waals surface area contributed by atoms with E-state index in [0.29, 0.717) is 0 Å². The molecule has 0 aromatic heterocycles. The van der Waals surface area contributed by atoms with Crippen molar-refractivity contribution in [3.8, 4) is 0 Å². The summed E-state index contributed by atoms with van der Waals surface area (Å²) in [5.74, 6) is 0.